The molecule has 4 rings (SSSR count). The molecule has 118 valence electrons. The minimum atomic E-state index is 0.588. The van der Waals surface area contributed by atoms with E-state index >= 15 is 0 Å². The van der Waals surface area contributed by atoms with Gasteiger partial charge in [-0.3, -0.25) is 0 Å². The largest absolute Gasteiger partial charge is 0.489 e. The molecule has 0 aliphatic carbocycles. The van der Waals surface area contributed by atoms with E-state index in [1.165, 1.54) is 27.7 Å². The van der Waals surface area contributed by atoms with Crippen molar-refractivity contribution in [2.45, 2.75) is 6.61 Å². The second-order valence-corrected chi connectivity index (χ2v) is 5.95. The Bertz CT molecular complexity index is 955. The molecule has 3 aromatic carbocycles. The molecule has 0 bridgehead atoms. The Balaban J connectivity index is 1.64. The molecule has 0 aliphatic rings. The Morgan fingerprint density at radius 1 is 0.792 bits per heavy atom. The average molecular weight is 313 g/mol. The van der Waals surface area contributed by atoms with Crippen LogP contribution in [0.4, 0.5) is 0 Å². The van der Waals surface area contributed by atoms with Crippen LogP contribution in [0.25, 0.3) is 22.2 Å². The zero-order chi connectivity index (χ0) is 16.4. The van der Waals surface area contributed by atoms with Gasteiger partial charge in [-0.2, -0.15) is 0 Å². The first kappa shape index (κ1) is 14.6. The van der Waals surface area contributed by atoms with Gasteiger partial charge >= 0.3 is 0 Å². The Kier molecular flexibility index (Phi) is 3.80. The van der Waals surface area contributed by atoms with Crippen LogP contribution in [0.5, 0.6) is 5.75 Å². The standard InChI is InChI=1S/C22H19NO/c1-23-21-13-12-20(24-16-17-8-4-2-5-9-17)14-19(21)15-22(23)18-10-6-3-7-11-18/h2-15H,16H2,1H3. The quantitative estimate of drug-likeness (QED) is 0.490. The van der Waals surface area contributed by atoms with Gasteiger partial charge < -0.3 is 9.30 Å². The summed E-state index contributed by atoms with van der Waals surface area (Å²) in [6.45, 7) is 0.588. The Morgan fingerprint density at radius 3 is 2.25 bits per heavy atom. The minimum absolute atomic E-state index is 0.588. The molecule has 0 N–H and O–H groups in total. The highest BCUT2D eigenvalue weighted by Gasteiger charge is 2.08. The van der Waals surface area contributed by atoms with Gasteiger partial charge in [0, 0.05) is 23.6 Å². The smallest absolute Gasteiger partial charge is 0.120 e. The van der Waals surface area contributed by atoms with Gasteiger partial charge in [0.1, 0.15) is 12.4 Å². The highest BCUT2D eigenvalue weighted by molar-refractivity contribution is 5.88. The normalized spacial score (nSPS) is 10.9. The van der Waals surface area contributed by atoms with E-state index in [0.717, 1.165) is 5.75 Å². The molecule has 4 aromatic rings. The molecular weight excluding hydrogens is 294 g/mol. The summed E-state index contributed by atoms with van der Waals surface area (Å²) in [5.41, 5.74) is 4.82. The van der Waals surface area contributed by atoms with Crippen molar-refractivity contribution < 1.29 is 4.74 Å². The highest BCUT2D eigenvalue weighted by Crippen LogP contribution is 2.29. The van der Waals surface area contributed by atoms with E-state index in [2.05, 4.69) is 66.2 Å². The number of rotatable bonds is 4. The molecule has 2 nitrogen and oxygen atoms in total. The number of aryl methyl sites for hydroxylation is 1. The first-order chi connectivity index (χ1) is 11.8. The summed E-state index contributed by atoms with van der Waals surface area (Å²) in [7, 11) is 2.11. The second kappa shape index (κ2) is 6.25. The van der Waals surface area contributed by atoms with E-state index in [1.807, 2.05) is 30.3 Å². The molecule has 0 fully saturated rings. The fraction of sp³-hybridized carbons (Fsp3) is 0.0909. The van der Waals surface area contributed by atoms with Crippen molar-refractivity contribution in [2.24, 2.45) is 7.05 Å². The number of hydrogen-bond donors (Lipinski definition) is 0. The molecule has 0 saturated heterocycles. The van der Waals surface area contributed by atoms with Crippen LogP contribution in [0.1, 0.15) is 5.56 Å². The minimum Gasteiger partial charge on any atom is -0.489 e. The monoisotopic (exact) mass is 313 g/mol. The number of aromatic nitrogens is 1. The van der Waals surface area contributed by atoms with Crippen molar-refractivity contribution in [1.29, 1.82) is 0 Å². The van der Waals surface area contributed by atoms with E-state index in [9.17, 15) is 0 Å². The third-order valence-electron chi connectivity index (χ3n) is 4.33. The predicted molar refractivity (Wildman–Crippen MR) is 99.1 cm³/mol. The lowest BCUT2D eigenvalue weighted by Crippen LogP contribution is -1.95. The summed E-state index contributed by atoms with van der Waals surface area (Å²) >= 11 is 0. The second-order valence-electron chi connectivity index (χ2n) is 5.95. The molecule has 1 aromatic heterocycles. The van der Waals surface area contributed by atoms with Gasteiger partial charge in [-0.15, -0.1) is 0 Å². The molecule has 1 heterocycles. The van der Waals surface area contributed by atoms with Crippen LogP contribution >= 0.6 is 0 Å². The summed E-state index contributed by atoms with van der Waals surface area (Å²) in [4.78, 5) is 0. The molecule has 0 aliphatic heterocycles. The first-order valence-corrected chi connectivity index (χ1v) is 8.13. The molecular formula is C22H19NO. The topological polar surface area (TPSA) is 14.2 Å². The van der Waals surface area contributed by atoms with Crippen molar-refractivity contribution in [1.82, 2.24) is 4.57 Å². The van der Waals surface area contributed by atoms with Crippen LogP contribution in [0.2, 0.25) is 0 Å². The zero-order valence-electron chi connectivity index (χ0n) is 13.6. The van der Waals surface area contributed by atoms with Gasteiger partial charge in [0.15, 0.2) is 0 Å². The fourth-order valence-electron chi connectivity index (χ4n) is 3.04. The predicted octanol–water partition coefficient (Wildman–Crippen LogP) is 5.42. The van der Waals surface area contributed by atoms with Gasteiger partial charge in [0.05, 0.1) is 0 Å². The maximum absolute atomic E-state index is 5.95. The van der Waals surface area contributed by atoms with Gasteiger partial charge in [0.2, 0.25) is 0 Å². The van der Waals surface area contributed by atoms with Gasteiger partial charge in [-0.1, -0.05) is 60.7 Å². The van der Waals surface area contributed by atoms with Crippen molar-refractivity contribution in [2.75, 3.05) is 0 Å². The molecule has 0 amide bonds. The highest BCUT2D eigenvalue weighted by atomic mass is 16.5. The van der Waals surface area contributed by atoms with Gasteiger partial charge in [-0.25, -0.2) is 0 Å². The van der Waals surface area contributed by atoms with Crippen LogP contribution in [0.3, 0.4) is 0 Å². The number of hydrogen-bond acceptors (Lipinski definition) is 1. The van der Waals surface area contributed by atoms with Crippen LogP contribution in [-0.4, -0.2) is 4.57 Å². The lowest BCUT2D eigenvalue weighted by molar-refractivity contribution is 0.306. The lowest BCUT2D eigenvalue weighted by Gasteiger charge is -2.07. The van der Waals surface area contributed by atoms with Crippen molar-refractivity contribution in [3.8, 4) is 17.0 Å². The number of nitrogens with zero attached hydrogens (tertiary/aromatic N) is 1. The van der Waals surface area contributed by atoms with Gasteiger partial charge in [-0.05, 0) is 35.4 Å². The molecule has 0 atom stereocenters. The maximum Gasteiger partial charge on any atom is 0.120 e. The maximum atomic E-state index is 5.95. The fourth-order valence-corrected chi connectivity index (χ4v) is 3.04. The summed E-state index contributed by atoms with van der Waals surface area (Å²) in [5.74, 6) is 0.900. The summed E-state index contributed by atoms with van der Waals surface area (Å²) < 4.78 is 8.17. The van der Waals surface area contributed by atoms with Crippen LogP contribution in [0.15, 0.2) is 84.9 Å². The lowest BCUT2D eigenvalue weighted by atomic mass is 10.1. The summed E-state index contributed by atoms with van der Waals surface area (Å²) in [6, 6.07) is 29.2. The SMILES string of the molecule is Cn1c(-c2ccccc2)cc2cc(OCc3ccccc3)ccc21. The molecule has 2 heteroatoms. The van der Waals surface area contributed by atoms with E-state index in [4.69, 9.17) is 4.74 Å². The summed E-state index contributed by atoms with van der Waals surface area (Å²) in [6.07, 6.45) is 0. The molecule has 0 radical (unpaired) electrons. The first-order valence-electron chi connectivity index (χ1n) is 8.13. The zero-order valence-corrected chi connectivity index (χ0v) is 13.6. The number of ether oxygens (including phenoxy) is 1. The molecule has 24 heavy (non-hydrogen) atoms. The van der Waals surface area contributed by atoms with Crippen LogP contribution < -0.4 is 4.74 Å². The van der Waals surface area contributed by atoms with Crippen molar-refractivity contribution >= 4 is 10.9 Å². The molecule has 0 spiro atoms. The van der Waals surface area contributed by atoms with E-state index in [0.29, 0.717) is 6.61 Å². The van der Waals surface area contributed by atoms with E-state index in [-0.39, 0.29) is 0 Å². The van der Waals surface area contributed by atoms with Crippen LogP contribution in [0, 0.1) is 0 Å². The van der Waals surface area contributed by atoms with Crippen molar-refractivity contribution in [3.05, 3.63) is 90.5 Å². The number of fused-ring (bicyclic) bond motifs is 1. The van der Waals surface area contributed by atoms with Crippen molar-refractivity contribution in [3.63, 3.8) is 0 Å². The van der Waals surface area contributed by atoms with Crippen LogP contribution in [-0.2, 0) is 13.7 Å². The number of benzene rings is 3. The Hall–Kier alpha value is -3.00. The van der Waals surface area contributed by atoms with E-state index in [1.54, 1.807) is 0 Å². The van der Waals surface area contributed by atoms with E-state index < -0.39 is 0 Å². The third kappa shape index (κ3) is 2.79. The average Bonchev–Trinajstić information content (AvgIpc) is 2.98. The molecule has 0 unspecified atom stereocenters. The molecule has 0 saturated carbocycles. The summed E-state index contributed by atoms with van der Waals surface area (Å²) in [5, 5.41) is 1.20. The Morgan fingerprint density at radius 2 is 1.50 bits per heavy atom. The third-order valence-corrected chi connectivity index (χ3v) is 4.33. The Labute approximate surface area is 141 Å². The van der Waals surface area contributed by atoms with Gasteiger partial charge in [0.25, 0.3) is 0 Å².